The molecule has 0 spiro atoms. The van der Waals surface area contributed by atoms with Gasteiger partial charge in [-0.05, 0) is 25.5 Å². The lowest BCUT2D eigenvalue weighted by Crippen LogP contribution is -2.35. The lowest BCUT2D eigenvalue weighted by molar-refractivity contribution is 0.118. The Bertz CT molecular complexity index is 915. The minimum Gasteiger partial charge on any atom is -0.424 e. The van der Waals surface area contributed by atoms with Crippen LogP contribution in [0, 0.1) is 12.7 Å². The van der Waals surface area contributed by atoms with E-state index in [2.05, 4.69) is 25.2 Å². The number of nitrogens with zero attached hydrogens (tertiary/aromatic N) is 4. The van der Waals surface area contributed by atoms with Gasteiger partial charge < -0.3 is 19.4 Å². The molecule has 7 nitrogen and oxygen atoms in total. The second-order valence-electron chi connectivity index (χ2n) is 6.43. The van der Waals surface area contributed by atoms with Crippen molar-refractivity contribution in [1.82, 2.24) is 15.0 Å². The van der Waals surface area contributed by atoms with Gasteiger partial charge in [0, 0.05) is 38.0 Å². The number of hydrogen-bond acceptors (Lipinski definition) is 7. The van der Waals surface area contributed by atoms with Gasteiger partial charge >= 0.3 is 0 Å². The average Bonchev–Trinajstić information content (AvgIpc) is 3.22. The molecule has 0 saturated carbocycles. The van der Waals surface area contributed by atoms with Gasteiger partial charge in [0.25, 0.3) is 6.01 Å². The molecule has 26 heavy (non-hydrogen) atoms. The Kier molecular flexibility index (Phi) is 4.42. The van der Waals surface area contributed by atoms with Crippen molar-refractivity contribution in [3.05, 3.63) is 42.1 Å². The Morgan fingerprint density at radius 3 is 3.04 bits per heavy atom. The molecular weight excluding hydrogens is 337 g/mol. The van der Waals surface area contributed by atoms with Crippen LogP contribution >= 0.6 is 0 Å². The van der Waals surface area contributed by atoms with Crippen LogP contribution in [0.2, 0.25) is 0 Å². The molecule has 1 aromatic carbocycles. The molecule has 136 valence electrons. The smallest absolute Gasteiger partial charge is 0.295 e. The molecule has 0 amide bonds. The van der Waals surface area contributed by atoms with Crippen LogP contribution in [0.15, 0.2) is 35.0 Å². The standard InChI is InChI=1S/C18H20FN5O2/c1-11-5-17(22-10-21-11)24-9-14(25-2)7-13(24)8-20-18-23-15-6-12(19)3-4-16(15)26-18/h3-6,10,13-14H,7-9H2,1-2H3,(H,20,23)/t13-,14-/m0/s1. The largest absolute Gasteiger partial charge is 0.424 e. The van der Waals surface area contributed by atoms with E-state index >= 15 is 0 Å². The maximum absolute atomic E-state index is 13.3. The summed E-state index contributed by atoms with van der Waals surface area (Å²) < 4.78 is 24.5. The highest BCUT2D eigenvalue weighted by Crippen LogP contribution is 2.26. The van der Waals surface area contributed by atoms with Crippen LogP contribution < -0.4 is 10.2 Å². The first-order valence-electron chi connectivity index (χ1n) is 8.50. The van der Waals surface area contributed by atoms with Gasteiger partial charge in [0.05, 0.1) is 12.1 Å². The van der Waals surface area contributed by atoms with Crippen LogP contribution in [-0.4, -0.2) is 47.3 Å². The number of nitrogens with one attached hydrogen (secondary N) is 1. The molecule has 4 rings (SSSR count). The highest BCUT2D eigenvalue weighted by atomic mass is 19.1. The van der Waals surface area contributed by atoms with E-state index in [1.165, 1.54) is 12.1 Å². The first-order valence-corrected chi connectivity index (χ1v) is 8.50. The molecule has 1 N–H and O–H groups in total. The molecule has 1 aliphatic heterocycles. The van der Waals surface area contributed by atoms with Gasteiger partial charge in [-0.1, -0.05) is 0 Å². The molecule has 0 bridgehead atoms. The zero-order valence-electron chi connectivity index (χ0n) is 14.6. The van der Waals surface area contributed by atoms with Crippen molar-refractivity contribution < 1.29 is 13.5 Å². The van der Waals surface area contributed by atoms with E-state index in [-0.39, 0.29) is 18.0 Å². The molecule has 8 heteroatoms. The topological polar surface area (TPSA) is 76.3 Å². The van der Waals surface area contributed by atoms with Gasteiger partial charge in [-0.15, -0.1) is 0 Å². The van der Waals surface area contributed by atoms with Crippen LogP contribution in [-0.2, 0) is 4.74 Å². The molecule has 2 atom stereocenters. The predicted molar refractivity (Wildman–Crippen MR) is 95.8 cm³/mol. The minimum absolute atomic E-state index is 0.134. The fourth-order valence-electron chi connectivity index (χ4n) is 3.30. The first kappa shape index (κ1) is 16.7. The van der Waals surface area contributed by atoms with Gasteiger partial charge in [0.15, 0.2) is 5.58 Å². The van der Waals surface area contributed by atoms with Gasteiger partial charge in [-0.3, -0.25) is 0 Å². The highest BCUT2D eigenvalue weighted by Gasteiger charge is 2.33. The summed E-state index contributed by atoms with van der Waals surface area (Å²) in [5.74, 6) is 0.546. The Morgan fingerprint density at radius 2 is 2.23 bits per heavy atom. The fourth-order valence-corrected chi connectivity index (χ4v) is 3.30. The Morgan fingerprint density at radius 1 is 1.35 bits per heavy atom. The first-order chi connectivity index (χ1) is 12.6. The average molecular weight is 357 g/mol. The van der Waals surface area contributed by atoms with Gasteiger partial charge in [0.1, 0.15) is 23.5 Å². The number of aromatic nitrogens is 3. The van der Waals surface area contributed by atoms with Crippen molar-refractivity contribution in [3.8, 4) is 0 Å². The summed E-state index contributed by atoms with van der Waals surface area (Å²) in [5.41, 5.74) is 1.97. The van der Waals surface area contributed by atoms with Crippen molar-refractivity contribution in [3.63, 3.8) is 0 Å². The lowest BCUT2D eigenvalue weighted by Gasteiger charge is -2.25. The zero-order chi connectivity index (χ0) is 18.1. The van der Waals surface area contributed by atoms with E-state index in [9.17, 15) is 4.39 Å². The zero-order valence-corrected chi connectivity index (χ0v) is 14.6. The molecule has 0 unspecified atom stereocenters. The molecule has 2 aromatic heterocycles. The SMILES string of the molecule is CO[C@H]1C[C@@H](CNc2nc3cc(F)ccc3o2)N(c2cc(C)ncn2)C1. The normalized spacial score (nSPS) is 20.0. The van der Waals surface area contributed by atoms with Crippen LogP contribution in [0.25, 0.3) is 11.1 Å². The van der Waals surface area contributed by atoms with Crippen LogP contribution in [0.1, 0.15) is 12.1 Å². The number of oxazole rings is 1. The molecule has 3 aromatic rings. The van der Waals surface area contributed by atoms with E-state index in [1.807, 2.05) is 13.0 Å². The molecule has 1 fully saturated rings. The van der Waals surface area contributed by atoms with E-state index < -0.39 is 0 Å². The summed E-state index contributed by atoms with van der Waals surface area (Å²) in [6.07, 6.45) is 2.57. The molecule has 1 saturated heterocycles. The Labute approximate surface area is 150 Å². The Hall–Kier alpha value is -2.74. The summed E-state index contributed by atoms with van der Waals surface area (Å²) in [6, 6.07) is 6.81. The van der Waals surface area contributed by atoms with Crippen molar-refractivity contribution in [1.29, 1.82) is 0 Å². The molecule has 0 aliphatic carbocycles. The highest BCUT2D eigenvalue weighted by molar-refractivity contribution is 5.74. The molecule has 0 radical (unpaired) electrons. The monoisotopic (exact) mass is 357 g/mol. The van der Waals surface area contributed by atoms with Gasteiger partial charge in [-0.25, -0.2) is 14.4 Å². The Balaban J connectivity index is 1.50. The van der Waals surface area contributed by atoms with E-state index in [0.29, 0.717) is 23.7 Å². The third-order valence-corrected chi connectivity index (χ3v) is 4.63. The van der Waals surface area contributed by atoms with Crippen molar-refractivity contribution in [2.24, 2.45) is 0 Å². The molecule has 3 heterocycles. The number of benzene rings is 1. The summed E-state index contributed by atoms with van der Waals surface area (Å²) in [4.78, 5) is 15.0. The fraction of sp³-hybridized carbons (Fsp3) is 0.389. The summed E-state index contributed by atoms with van der Waals surface area (Å²) in [7, 11) is 1.72. The van der Waals surface area contributed by atoms with Crippen molar-refractivity contribution >= 4 is 22.9 Å². The summed E-state index contributed by atoms with van der Waals surface area (Å²) in [6.45, 7) is 3.32. The number of halogens is 1. The third-order valence-electron chi connectivity index (χ3n) is 4.63. The molecule has 1 aliphatic rings. The number of anilines is 2. The van der Waals surface area contributed by atoms with E-state index in [4.69, 9.17) is 9.15 Å². The van der Waals surface area contributed by atoms with Gasteiger partial charge in [0.2, 0.25) is 0 Å². The van der Waals surface area contributed by atoms with Crippen LogP contribution in [0.4, 0.5) is 16.2 Å². The minimum atomic E-state index is -0.332. The number of fused-ring (bicyclic) bond motifs is 1. The number of aryl methyl sites for hydroxylation is 1. The third kappa shape index (κ3) is 3.32. The number of ether oxygens (including phenoxy) is 1. The summed E-state index contributed by atoms with van der Waals surface area (Å²) in [5, 5.41) is 3.21. The van der Waals surface area contributed by atoms with Gasteiger partial charge in [-0.2, -0.15) is 4.98 Å². The van der Waals surface area contributed by atoms with E-state index in [1.54, 1.807) is 19.5 Å². The lowest BCUT2D eigenvalue weighted by atomic mass is 10.2. The number of methoxy groups -OCH3 is 1. The number of hydrogen-bond donors (Lipinski definition) is 1. The van der Waals surface area contributed by atoms with Crippen LogP contribution in [0.5, 0.6) is 0 Å². The second-order valence-corrected chi connectivity index (χ2v) is 6.43. The maximum Gasteiger partial charge on any atom is 0.295 e. The summed E-state index contributed by atoms with van der Waals surface area (Å²) >= 11 is 0. The van der Waals surface area contributed by atoms with Crippen LogP contribution in [0.3, 0.4) is 0 Å². The van der Waals surface area contributed by atoms with Crippen molar-refractivity contribution in [2.45, 2.75) is 25.5 Å². The van der Waals surface area contributed by atoms with Crippen molar-refractivity contribution in [2.75, 3.05) is 30.4 Å². The molecular formula is C18H20FN5O2. The second kappa shape index (κ2) is 6.87. The quantitative estimate of drug-likeness (QED) is 0.752. The van der Waals surface area contributed by atoms with E-state index in [0.717, 1.165) is 24.5 Å². The maximum atomic E-state index is 13.3. The predicted octanol–water partition coefficient (Wildman–Crippen LogP) is 2.77. The number of rotatable bonds is 5.